The number of H-pyrrole nitrogens is 1. The first-order chi connectivity index (χ1) is 14.9. The van der Waals surface area contributed by atoms with Crippen molar-refractivity contribution in [3.8, 4) is 11.1 Å². The highest BCUT2D eigenvalue weighted by molar-refractivity contribution is 5.87. The molecule has 160 valence electrons. The second-order valence-corrected chi connectivity index (χ2v) is 8.62. The molecule has 0 spiro atoms. The Morgan fingerprint density at radius 2 is 1.90 bits per heavy atom. The van der Waals surface area contributed by atoms with Crippen LogP contribution in [0.3, 0.4) is 0 Å². The Kier molecular flexibility index (Phi) is 4.85. The van der Waals surface area contributed by atoms with E-state index in [0.717, 1.165) is 37.3 Å². The van der Waals surface area contributed by atoms with Crippen LogP contribution in [-0.2, 0) is 0 Å². The maximum absolute atomic E-state index is 14.5. The number of aromatic amines is 1. The summed E-state index contributed by atoms with van der Waals surface area (Å²) in [6.45, 7) is 8.13. The lowest BCUT2D eigenvalue weighted by Crippen LogP contribution is -2.38. The minimum Gasteiger partial charge on any atom is -0.441 e. The van der Waals surface area contributed by atoms with E-state index in [4.69, 9.17) is 9.40 Å². The van der Waals surface area contributed by atoms with Crippen LogP contribution in [0, 0.1) is 12.7 Å². The van der Waals surface area contributed by atoms with Gasteiger partial charge in [-0.2, -0.15) is 0 Å². The van der Waals surface area contributed by atoms with Crippen molar-refractivity contribution in [2.45, 2.75) is 45.6 Å². The van der Waals surface area contributed by atoms with E-state index in [1.54, 1.807) is 19.1 Å². The molecule has 1 saturated heterocycles. The Hall–Kier alpha value is -3.06. The molecule has 0 bridgehead atoms. The van der Waals surface area contributed by atoms with Gasteiger partial charge in [-0.1, -0.05) is 6.07 Å². The quantitative estimate of drug-likeness (QED) is 0.517. The molecular formula is C24H25FN4O2. The Morgan fingerprint density at radius 3 is 2.65 bits per heavy atom. The molecule has 7 heteroatoms. The van der Waals surface area contributed by atoms with Crippen LogP contribution in [0.1, 0.15) is 44.3 Å². The number of rotatable bonds is 3. The number of aromatic nitrogens is 3. The first kappa shape index (κ1) is 19.9. The molecule has 31 heavy (non-hydrogen) atoms. The lowest BCUT2D eigenvalue weighted by Gasteiger charge is -2.34. The topological polar surface area (TPSA) is 75.0 Å². The molecule has 2 aromatic heterocycles. The zero-order valence-electron chi connectivity index (χ0n) is 17.9. The van der Waals surface area contributed by atoms with E-state index >= 15 is 0 Å². The molecule has 1 N–H and O–H groups in total. The molecule has 0 amide bonds. The summed E-state index contributed by atoms with van der Waals surface area (Å²) < 4.78 is 20.0. The maximum Gasteiger partial charge on any atom is 0.258 e. The van der Waals surface area contributed by atoms with Gasteiger partial charge in [0, 0.05) is 18.9 Å². The summed E-state index contributed by atoms with van der Waals surface area (Å²) in [6.07, 6.45) is 1.97. The number of nitrogens with one attached hydrogen (secondary N) is 1. The highest BCUT2D eigenvalue weighted by Gasteiger charge is 2.24. The van der Waals surface area contributed by atoms with Gasteiger partial charge in [-0.15, -0.1) is 0 Å². The second-order valence-electron chi connectivity index (χ2n) is 8.62. The molecule has 0 unspecified atom stereocenters. The molecule has 0 atom stereocenters. The Balaban J connectivity index is 1.49. The number of fused-ring (bicyclic) bond motifs is 2. The largest absolute Gasteiger partial charge is 0.441 e. The molecule has 2 aromatic carbocycles. The van der Waals surface area contributed by atoms with Crippen LogP contribution in [-0.4, -0.2) is 39.0 Å². The third-order valence-corrected chi connectivity index (χ3v) is 6.26. The van der Waals surface area contributed by atoms with Crippen molar-refractivity contribution >= 4 is 22.0 Å². The van der Waals surface area contributed by atoms with E-state index in [1.807, 2.05) is 12.1 Å². The molecule has 1 aliphatic rings. The van der Waals surface area contributed by atoms with Crippen LogP contribution in [0.15, 0.2) is 39.5 Å². The Labute approximate surface area is 179 Å². The number of halogens is 1. The molecule has 0 radical (unpaired) electrons. The molecule has 1 fully saturated rings. The molecule has 0 saturated carbocycles. The number of likely N-dealkylation sites (tertiary alicyclic amines) is 1. The lowest BCUT2D eigenvalue weighted by atomic mass is 9.95. The Bertz CT molecular complexity index is 1330. The van der Waals surface area contributed by atoms with E-state index in [0.29, 0.717) is 34.0 Å². The monoisotopic (exact) mass is 420 g/mol. The van der Waals surface area contributed by atoms with Gasteiger partial charge < -0.3 is 14.3 Å². The highest BCUT2D eigenvalue weighted by Crippen LogP contribution is 2.30. The SMILES string of the molecule is Cc1nc2c(F)cc(-c3ccc4nc(C5CCN(C(C)C)CC5)[nH]c(=O)c4c3)cc2o1. The van der Waals surface area contributed by atoms with Gasteiger partial charge in [0.25, 0.3) is 5.56 Å². The predicted molar refractivity (Wildman–Crippen MR) is 119 cm³/mol. The van der Waals surface area contributed by atoms with Gasteiger partial charge in [-0.05, 0) is 75.2 Å². The number of hydrogen-bond donors (Lipinski definition) is 1. The van der Waals surface area contributed by atoms with Crippen molar-refractivity contribution in [2.24, 2.45) is 0 Å². The maximum atomic E-state index is 14.5. The summed E-state index contributed by atoms with van der Waals surface area (Å²) in [7, 11) is 0. The van der Waals surface area contributed by atoms with Crippen LogP contribution >= 0.6 is 0 Å². The fraction of sp³-hybridized carbons (Fsp3) is 0.375. The first-order valence-electron chi connectivity index (χ1n) is 10.7. The van der Waals surface area contributed by atoms with E-state index in [2.05, 4.69) is 28.7 Å². The first-order valence-corrected chi connectivity index (χ1v) is 10.7. The van der Waals surface area contributed by atoms with Gasteiger partial charge in [0.2, 0.25) is 0 Å². The smallest absolute Gasteiger partial charge is 0.258 e. The number of hydrogen-bond acceptors (Lipinski definition) is 5. The number of piperidine rings is 1. The zero-order valence-corrected chi connectivity index (χ0v) is 17.9. The van der Waals surface area contributed by atoms with Crippen molar-refractivity contribution in [1.82, 2.24) is 19.9 Å². The number of aryl methyl sites for hydroxylation is 1. The van der Waals surface area contributed by atoms with Crippen LogP contribution in [0.5, 0.6) is 0 Å². The van der Waals surface area contributed by atoms with E-state index in [1.165, 1.54) is 6.07 Å². The summed E-state index contributed by atoms with van der Waals surface area (Å²) in [5.41, 5.74) is 2.47. The van der Waals surface area contributed by atoms with Crippen LogP contribution in [0.4, 0.5) is 4.39 Å². The van der Waals surface area contributed by atoms with Gasteiger partial charge in [0.1, 0.15) is 11.3 Å². The van der Waals surface area contributed by atoms with Crippen LogP contribution < -0.4 is 5.56 Å². The van der Waals surface area contributed by atoms with E-state index in [-0.39, 0.29) is 17.0 Å². The molecule has 4 aromatic rings. The number of oxazole rings is 1. The number of nitrogens with zero attached hydrogens (tertiary/aromatic N) is 3. The van der Waals surface area contributed by atoms with Crippen LogP contribution in [0.2, 0.25) is 0 Å². The van der Waals surface area contributed by atoms with Crippen molar-refractivity contribution in [2.75, 3.05) is 13.1 Å². The summed E-state index contributed by atoms with van der Waals surface area (Å²) in [6, 6.07) is 9.16. The zero-order chi connectivity index (χ0) is 21.7. The standard InChI is InChI=1S/C24H25FN4O2/c1-13(2)29-8-6-15(7-9-29)23-27-20-5-4-16(10-18(20)24(30)28-23)17-11-19(25)22-21(12-17)31-14(3)26-22/h4-5,10-13,15H,6-9H2,1-3H3,(H,27,28,30). The lowest BCUT2D eigenvalue weighted by molar-refractivity contribution is 0.169. The molecule has 6 nitrogen and oxygen atoms in total. The fourth-order valence-electron chi connectivity index (χ4n) is 4.49. The molecule has 1 aliphatic heterocycles. The average molecular weight is 420 g/mol. The van der Waals surface area contributed by atoms with Gasteiger partial charge in [0.05, 0.1) is 10.9 Å². The predicted octanol–water partition coefficient (Wildman–Crippen LogP) is 4.77. The summed E-state index contributed by atoms with van der Waals surface area (Å²) >= 11 is 0. The Morgan fingerprint density at radius 1 is 1.13 bits per heavy atom. The number of benzene rings is 2. The van der Waals surface area contributed by atoms with Crippen molar-refractivity contribution in [3.05, 3.63) is 58.2 Å². The van der Waals surface area contributed by atoms with Crippen molar-refractivity contribution in [1.29, 1.82) is 0 Å². The fourth-order valence-corrected chi connectivity index (χ4v) is 4.49. The van der Waals surface area contributed by atoms with E-state index < -0.39 is 5.82 Å². The average Bonchev–Trinajstić information content (AvgIpc) is 3.14. The van der Waals surface area contributed by atoms with Gasteiger partial charge >= 0.3 is 0 Å². The summed E-state index contributed by atoms with van der Waals surface area (Å²) in [5, 5.41) is 0.495. The molecule has 3 heterocycles. The van der Waals surface area contributed by atoms with Crippen LogP contribution in [0.25, 0.3) is 33.1 Å². The molecule has 0 aliphatic carbocycles. The van der Waals surface area contributed by atoms with Crippen molar-refractivity contribution in [3.63, 3.8) is 0 Å². The summed E-state index contributed by atoms with van der Waals surface area (Å²) in [5.74, 6) is 0.993. The van der Waals surface area contributed by atoms with Crippen molar-refractivity contribution < 1.29 is 8.81 Å². The highest BCUT2D eigenvalue weighted by atomic mass is 19.1. The third kappa shape index (κ3) is 3.63. The minimum atomic E-state index is -0.445. The summed E-state index contributed by atoms with van der Waals surface area (Å²) in [4.78, 5) is 27.2. The molecule has 5 rings (SSSR count). The van der Waals surface area contributed by atoms with Gasteiger partial charge in [0.15, 0.2) is 17.3 Å². The molecular weight excluding hydrogens is 395 g/mol. The third-order valence-electron chi connectivity index (χ3n) is 6.26. The van der Waals surface area contributed by atoms with E-state index in [9.17, 15) is 9.18 Å². The van der Waals surface area contributed by atoms with Gasteiger partial charge in [-0.3, -0.25) is 4.79 Å². The second kappa shape index (κ2) is 7.57. The normalized spacial score (nSPS) is 16.0. The minimum absolute atomic E-state index is 0.162. The van der Waals surface area contributed by atoms with Gasteiger partial charge in [-0.25, -0.2) is 14.4 Å².